The Hall–Kier alpha value is -3.61. The zero-order valence-electron chi connectivity index (χ0n) is 15.8. The molecule has 0 bridgehead atoms. The summed E-state index contributed by atoms with van der Waals surface area (Å²) in [6.07, 6.45) is 7.57. The molecule has 0 unspecified atom stereocenters. The monoisotopic (exact) mass is 387 g/mol. The van der Waals surface area contributed by atoms with Crippen LogP contribution in [-0.4, -0.2) is 28.3 Å². The van der Waals surface area contributed by atoms with Gasteiger partial charge in [0.15, 0.2) is 0 Å². The van der Waals surface area contributed by atoms with E-state index in [9.17, 15) is 9.59 Å². The highest BCUT2D eigenvalue weighted by atomic mass is 16.2. The van der Waals surface area contributed by atoms with Gasteiger partial charge in [-0.15, -0.1) is 0 Å². The van der Waals surface area contributed by atoms with E-state index in [1.807, 2.05) is 48.5 Å². The van der Waals surface area contributed by atoms with Crippen LogP contribution in [0.3, 0.4) is 0 Å². The van der Waals surface area contributed by atoms with Gasteiger partial charge in [0.25, 0.3) is 0 Å². The number of hydrogen-bond acceptors (Lipinski definition) is 4. The van der Waals surface area contributed by atoms with Gasteiger partial charge in [0.05, 0.1) is 0 Å². The van der Waals surface area contributed by atoms with E-state index in [0.29, 0.717) is 25.3 Å². The molecule has 3 N–H and O–H groups in total. The molecule has 2 radical (unpaired) electrons. The molecule has 1 aliphatic heterocycles. The van der Waals surface area contributed by atoms with Crippen LogP contribution in [0.25, 0.3) is 0 Å². The van der Waals surface area contributed by atoms with Gasteiger partial charge in [-0.1, -0.05) is 30.3 Å². The van der Waals surface area contributed by atoms with Crippen molar-refractivity contribution in [2.75, 3.05) is 16.8 Å². The number of nitrogens with one attached hydrogen (secondary N) is 3. The molecule has 1 aliphatic rings. The minimum atomic E-state index is -0.201. The number of amides is 2. The summed E-state index contributed by atoms with van der Waals surface area (Å²) in [4.78, 5) is 33.6. The zero-order chi connectivity index (χ0) is 20.1. The molecular formula is C22H21N5O2. The highest BCUT2D eigenvalue weighted by molar-refractivity contribution is 6.00. The molecule has 0 saturated carbocycles. The molecule has 146 valence electrons. The summed E-state index contributed by atoms with van der Waals surface area (Å²) < 4.78 is 0. The Morgan fingerprint density at radius 2 is 2.00 bits per heavy atom. The van der Waals surface area contributed by atoms with Gasteiger partial charge in [-0.25, -0.2) is 4.98 Å². The van der Waals surface area contributed by atoms with Crippen LogP contribution in [0.4, 0.5) is 17.3 Å². The van der Waals surface area contributed by atoms with Crippen LogP contribution in [0, 0.1) is 6.42 Å². The van der Waals surface area contributed by atoms with Crippen molar-refractivity contribution in [3.05, 3.63) is 78.5 Å². The molecule has 2 amide bonds. The minimum absolute atomic E-state index is 0.00431. The first-order valence-corrected chi connectivity index (χ1v) is 9.44. The molecule has 4 rings (SSSR count). The third-order valence-electron chi connectivity index (χ3n) is 4.66. The quantitative estimate of drug-likeness (QED) is 0.606. The number of imidazole rings is 1. The van der Waals surface area contributed by atoms with Gasteiger partial charge >= 0.3 is 0 Å². The largest absolute Gasteiger partial charge is 0.350 e. The van der Waals surface area contributed by atoms with E-state index in [4.69, 9.17) is 0 Å². The highest BCUT2D eigenvalue weighted by Gasteiger charge is 2.24. The smallest absolute Gasteiger partial charge is 0.240 e. The standard InChI is InChI=1S/C22H21N5O2/c28-20(15-27-19-6-2-1-4-17(19)5-3-7-21(27)29)25-14-16-8-10-18(11-9-16)26-22-23-12-13-24-22/h1-2,4,6,8-13H,3,7,14-15H2,(H,25,28)(H2,23,24,26). The van der Waals surface area contributed by atoms with Gasteiger partial charge in [-0.2, -0.15) is 0 Å². The Morgan fingerprint density at radius 3 is 2.79 bits per heavy atom. The van der Waals surface area contributed by atoms with E-state index < -0.39 is 0 Å². The van der Waals surface area contributed by atoms with E-state index >= 15 is 0 Å². The minimum Gasteiger partial charge on any atom is -0.350 e. The molecule has 2 aromatic carbocycles. The summed E-state index contributed by atoms with van der Waals surface area (Å²) in [6, 6.07) is 15.2. The summed E-state index contributed by atoms with van der Waals surface area (Å²) in [7, 11) is 0. The maximum atomic E-state index is 12.5. The van der Waals surface area contributed by atoms with E-state index in [0.717, 1.165) is 22.5 Å². The lowest BCUT2D eigenvalue weighted by atomic mass is 10.1. The van der Waals surface area contributed by atoms with E-state index in [-0.39, 0.29) is 18.4 Å². The summed E-state index contributed by atoms with van der Waals surface area (Å²) >= 11 is 0. The lowest BCUT2D eigenvalue weighted by Gasteiger charge is -2.22. The van der Waals surface area contributed by atoms with Gasteiger partial charge in [-0.3, -0.25) is 9.59 Å². The Kier molecular flexibility index (Phi) is 5.56. The van der Waals surface area contributed by atoms with Crippen LogP contribution >= 0.6 is 0 Å². The van der Waals surface area contributed by atoms with E-state index in [1.54, 1.807) is 17.3 Å². The number of H-pyrrole nitrogens is 1. The normalized spacial score (nSPS) is 13.5. The van der Waals surface area contributed by atoms with Gasteiger partial charge < -0.3 is 20.5 Å². The molecule has 7 heteroatoms. The second-order valence-corrected chi connectivity index (χ2v) is 6.71. The fourth-order valence-corrected chi connectivity index (χ4v) is 3.18. The van der Waals surface area contributed by atoms with Crippen molar-refractivity contribution in [2.24, 2.45) is 0 Å². The summed E-state index contributed by atoms with van der Waals surface area (Å²) in [5, 5.41) is 6.04. The summed E-state index contributed by atoms with van der Waals surface area (Å²) in [5.74, 6) is 0.404. The first kappa shape index (κ1) is 18.7. The Labute approximate surface area is 169 Å². The molecule has 2 heterocycles. The average molecular weight is 387 g/mol. The molecule has 0 aliphatic carbocycles. The molecular weight excluding hydrogens is 366 g/mol. The van der Waals surface area contributed by atoms with Crippen LogP contribution < -0.4 is 15.5 Å². The number of aromatic amines is 1. The topological polar surface area (TPSA) is 90.1 Å². The highest BCUT2D eigenvalue weighted by Crippen LogP contribution is 2.27. The van der Waals surface area contributed by atoms with Crippen molar-refractivity contribution in [1.29, 1.82) is 0 Å². The van der Waals surface area contributed by atoms with E-state index in [1.165, 1.54) is 0 Å². The summed E-state index contributed by atoms with van der Waals surface area (Å²) in [6.45, 7) is 0.386. The first-order valence-electron chi connectivity index (χ1n) is 9.44. The number of rotatable bonds is 6. The van der Waals surface area contributed by atoms with Crippen molar-refractivity contribution < 1.29 is 9.59 Å². The van der Waals surface area contributed by atoms with Crippen molar-refractivity contribution in [3.63, 3.8) is 0 Å². The first-order chi connectivity index (χ1) is 14.2. The number of para-hydroxylation sites is 1. The third kappa shape index (κ3) is 4.63. The predicted molar refractivity (Wildman–Crippen MR) is 111 cm³/mol. The maximum absolute atomic E-state index is 12.5. The lowest BCUT2D eigenvalue weighted by Crippen LogP contribution is -2.40. The SMILES string of the molecule is O=C(CN1C(=O)CC[C]c2ccccc21)NCc1ccc(Nc2ncc[nH]2)cc1. The molecule has 0 spiro atoms. The number of anilines is 3. The van der Waals surface area contributed by atoms with Gasteiger partial charge in [-0.05, 0) is 35.7 Å². The fourth-order valence-electron chi connectivity index (χ4n) is 3.18. The van der Waals surface area contributed by atoms with E-state index in [2.05, 4.69) is 27.0 Å². The number of carbonyl (C=O) groups is 2. The van der Waals surface area contributed by atoms with Crippen molar-refractivity contribution in [3.8, 4) is 0 Å². The van der Waals surface area contributed by atoms with Gasteiger partial charge in [0, 0.05) is 43.2 Å². The number of fused-ring (bicyclic) bond motifs is 1. The molecule has 7 nitrogen and oxygen atoms in total. The molecule has 29 heavy (non-hydrogen) atoms. The number of nitrogens with zero attached hydrogens (tertiary/aromatic N) is 2. The van der Waals surface area contributed by atoms with Gasteiger partial charge in [0.2, 0.25) is 17.8 Å². The molecule has 0 saturated heterocycles. The lowest BCUT2D eigenvalue weighted by molar-refractivity contribution is -0.123. The Morgan fingerprint density at radius 1 is 1.17 bits per heavy atom. The summed E-state index contributed by atoms with van der Waals surface area (Å²) in [5.41, 5.74) is 3.46. The number of carbonyl (C=O) groups excluding carboxylic acids is 2. The third-order valence-corrected chi connectivity index (χ3v) is 4.66. The van der Waals surface area contributed by atoms with Crippen molar-refractivity contribution >= 4 is 29.1 Å². The molecule has 0 atom stereocenters. The fraction of sp³-hybridized carbons (Fsp3) is 0.182. The van der Waals surface area contributed by atoms with Crippen LogP contribution in [0.1, 0.15) is 24.0 Å². The predicted octanol–water partition coefficient (Wildman–Crippen LogP) is 3.03. The molecule has 0 fully saturated rings. The van der Waals surface area contributed by atoms with Crippen LogP contribution in [0.15, 0.2) is 60.9 Å². The average Bonchev–Trinajstić information content (AvgIpc) is 3.19. The van der Waals surface area contributed by atoms with Crippen molar-refractivity contribution in [1.82, 2.24) is 15.3 Å². The second kappa shape index (κ2) is 8.60. The van der Waals surface area contributed by atoms with Gasteiger partial charge in [0.1, 0.15) is 6.54 Å². The molecule has 1 aromatic heterocycles. The number of aromatic nitrogens is 2. The Balaban J connectivity index is 1.34. The van der Waals surface area contributed by atoms with Crippen molar-refractivity contribution in [2.45, 2.75) is 19.4 Å². The molecule has 3 aromatic rings. The second-order valence-electron chi connectivity index (χ2n) is 6.71. The van der Waals surface area contributed by atoms with Crippen LogP contribution in [0.2, 0.25) is 0 Å². The number of hydrogen-bond donors (Lipinski definition) is 3. The zero-order valence-corrected chi connectivity index (χ0v) is 15.8. The van der Waals surface area contributed by atoms with Crippen LogP contribution in [0.5, 0.6) is 0 Å². The maximum Gasteiger partial charge on any atom is 0.240 e. The Bertz CT molecular complexity index is 983. The van der Waals surface area contributed by atoms with Crippen LogP contribution in [-0.2, 0) is 16.1 Å². The number of benzene rings is 2.